The maximum absolute atomic E-state index is 13.0. The zero-order chi connectivity index (χ0) is 106. The highest BCUT2D eigenvalue weighted by Crippen LogP contribution is 2.43. The number of nitrogens with one attached hydrogen (secondary N) is 5. The zero-order valence-electron chi connectivity index (χ0n) is 85.0. The smallest absolute Gasteiger partial charge is 0.255 e. The molecule has 780 valence electrons. The number of likely N-dealkylation sites (N-methyl/N-ethyl adjacent to an activating group) is 2. The predicted molar refractivity (Wildman–Crippen MR) is 565 cm³/mol. The number of nitrogens with zero attached hydrogens (tertiary/aromatic N) is 7. The molecule has 10 aliphatic heterocycles. The summed E-state index contributed by atoms with van der Waals surface area (Å²) in [5.41, 5.74) is 15.3. The summed E-state index contributed by atoms with van der Waals surface area (Å²) in [5.74, 6) is 5.13. The molecule has 150 heavy (non-hydrogen) atoms. The number of halogens is 2. The van der Waals surface area contributed by atoms with Gasteiger partial charge in [0.25, 0.3) is 29.5 Å². The normalized spacial score (nSPS) is 18.3. The van der Waals surface area contributed by atoms with Crippen LogP contribution in [-0.4, -0.2) is 199 Å². The van der Waals surface area contributed by atoms with Crippen LogP contribution in [0.4, 0.5) is 0 Å². The maximum Gasteiger partial charge on any atom is 0.255 e. The first-order chi connectivity index (χ1) is 72.3. The topological polar surface area (TPSA) is 346 Å². The Balaban J connectivity index is 0.000000134. The first-order valence-electron chi connectivity index (χ1n) is 49.6. The summed E-state index contributed by atoms with van der Waals surface area (Å²) in [5, 5.41) is 15.1. The summed E-state index contributed by atoms with van der Waals surface area (Å²) >= 11 is 11.9. The van der Waals surface area contributed by atoms with Crippen molar-refractivity contribution in [1.29, 1.82) is 0 Å². The van der Waals surface area contributed by atoms with Crippen molar-refractivity contribution >= 4 is 82.3 Å². The fourth-order valence-electron chi connectivity index (χ4n) is 19.2. The minimum atomic E-state index is -0.498. The van der Waals surface area contributed by atoms with E-state index in [1.54, 1.807) is 94.4 Å². The lowest BCUT2D eigenvalue weighted by molar-refractivity contribution is -0.127. The monoisotopic (exact) mass is 2070 g/mol. The van der Waals surface area contributed by atoms with Crippen LogP contribution in [0.5, 0.6) is 57.5 Å². The van der Waals surface area contributed by atoms with Gasteiger partial charge in [-0.3, -0.25) is 47.9 Å². The summed E-state index contributed by atoms with van der Waals surface area (Å²) < 4.78 is 58.1. The maximum atomic E-state index is 13.0. The molecule has 0 bridgehead atoms. The van der Waals surface area contributed by atoms with Crippen molar-refractivity contribution in [1.82, 2.24) is 60.9 Å². The summed E-state index contributed by atoms with van der Waals surface area (Å²) in [6.45, 7) is 25.2. The quantitative estimate of drug-likeness (QED) is 0.0269. The number of hydrogen-bond acceptors (Lipinski definition) is 22. The van der Waals surface area contributed by atoms with Crippen LogP contribution in [-0.2, 0) is 89.7 Å². The molecule has 10 heterocycles. The molecule has 0 radical (unpaired) electrons. The van der Waals surface area contributed by atoms with Crippen molar-refractivity contribution in [2.75, 3.05) is 75.8 Å². The van der Waals surface area contributed by atoms with E-state index in [1.807, 2.05) is 185 Å². The Bertz CT molecular complexity index is 6890. The molecule has 5 unspecified atom stereocenters. The fraction of sp³-hybridized carbons (Fsp3) is 0.310. The molecule has 0 spiro atoms. The van der Waals surface area contributed by atoms with Crippen LogP contribution in [0.3, 0.4) is 0 Å². The Morgan fingerprint density at radius 3 is 0.853 bits per heavy atom. The molecule has 5 saturated heterocycles. The molecule has 32 nitrogen and oxygen atoms in total. The van der Waals surface area contributed by atoms with Crippen LogP contribution in [0.2, 0.25) is 10.0 Å². The van der Waals surface area contributed by atoms with Crippen LogP contribution >= 0.6 is 23.2 Å². The van der Waals surface area contributed by atoms with E-state index in [0.717, 1.165) is 74.5 Å². The lowest BCUT2D eigenvalue weighted by atomic mass is 10.0. The van der Waals surface area contributed by atoms with Gasteiger partial charge in [0.05, 0.1) is 54.1 Å². The molecule has 5 N–H and O–H groups in total. The van der Waals surface area contributed by atoms with Gasteiger partial charge in [0.2, 0.25) is 29.5 Å². The van der Waals surface area contributed by atoms with E-state index < -0.39 is 30.2 Å². The second kappa shape index (κ2) is 48.8. The molecule has 10 aliphatic rings. The Kier molecular flexibility index (Phi) is 34.8. The van der Waals surface area contributed by atoms with Gasteiger partial charge in [-0.1, -0.05) is 135 Å². The number of methoxy groups -OCH3 is 3. The van der Waals surface area contributed by atoms with Crippen LogP contribution < -0.4 is 74.0 Å². The number of allylic oxidation sites excluding steroid dienone is 5. The van der Waals surface area contributed by atoms with Crippen molar-refractivity contribution in [2.45, 2.75) is 160 Å². The summed E-state index contributed by atoms with van der Waals surface area (Å²) in [6, 6.07) is 58.8. The number of ether oxygens (including phenoxy) is 10. The lowest BCUT2D eigenvalue weighted by Gasteiger charge is -2.31. The molecule has 0 aromatic heterocycles. The number of benzene rings is 10. The third-order valence-electron chi connectivity index (χ3n) is 27.2. The highest BCUT2D eigenvalue weighted by atomic mass is 35.5. The van der Waals surface area contributed by atoms with E-state index in [-0.39, 0.29) is 59.1 Å². The number of fused-ring (bicyclic) bond motifs is 5. The second-order valence-corrected chi connectivity index (χ2v) is 39.0. The Labute approximate surface area is 881 Å². The van der Waals surface area contributed by atoms with E-state index in [1.165, 1.54) is 0 Å². The summed E-state index contributed by atoms with van der Waals surface area (Å²) in [4.78, 5) is 139. The van der Waals surface area contributed by atoms with Gasteiger partial charge in [0, 0.05) is 107 Å². The van der Waals surface area contributed by atoms with Crippen LogP contribution in [0, 0.1) is 0 Å². The zero-order valence-corrected chi connectivity index (χ0v) is 86.5. The molecule has 10 aromatic rings. The molecule has 0 saturated carbocycles. The Hall–Kier alpha value is -15.9. The van der Waals surface area contributed by atoms with Gasteiger partial charge < -0.3 is 108 Å². The molecule has 20 rings (SSSR count). The average molecular weight is 2080 g/mol. The highest BCUT2D eigenvalue weighted by Gasteiger charge is 2.46. The molecule has 0 aliphatic carbocycles. The number of amides is 10. The van der Waals surface area contributed by atoms with Crippen LogP contribution in [0.15, 0.2) is 262 Å². The highest BCUT2D eigenvalue weighted by molar-refractivity contribution is 6.31. The van der Waals surface area contributed by atoms with Crippen LogP contribution in [0.1, 0.15) is 172 Å². The SMILES string of the molecule is C=C1CCC(N2Cc3c(OCc4ccc(Cl)cc4)cccc3C2=O)C(=O)N1.C=C1CCC(N2Cc3c(OCc4ccc(OC)c(OCCN(C)C)c4)cccc3C2=O)C(=O)N1.C=C1CCC(N2Cc3c(OCc4ccc(OCCN(C)C)c(OC)c4)cccc3C2=O)C(=O)N1.C=C1CCC(N2Cc3c(OCc4cccc(Cl)c4)cccc3C2=O)C(=O)N1.C=C1CCC(N2Cc3c(OCc4cccc(OC)c4)cccc3C2=O)C(=O)N1. The number of piperidine rings is 5. The largest absolute Gasteiger partial charge is 0.497 e. The third-order valence-corrected chi connectivity index (χ3v) is 27.7. The van der Waals surface area contributed by atoms with Crippen molar-refractivity contribution < 1.29 is 95.3 Å². The van der Waals surface area contributed by atoms with Gasteiger partial charge in [0.1, 0.15) is 111 Å². The van der Waals surface area contributed by atoms with E-state index in [0.29, 0.717) is 261 Å². The van der Waals surface area contributed by atoms with Crippen molar-refractivity contribution in [3.63, 3.8) is 0 Å². The first kappa shape index (κ1) is 107. The average Bonchev–Trinajstić information content (AvgIpc) is 1.64. The van der Waals surface area contributed by atoms with E-state index in [4.69, 9.17) is 70.6 Å². The van der Waals surface area contributed by atoms with E-state index in [9.17, 15) is 47.9 Å². The van der Waals surface area contributed by atoms with Crippen molar-refractivity contribution in [3.05, 3.63) is 355 Å². The van der Waals surface area contributed by atoms with Gasteiger partial charge in [-0.2, -0.15) is 0 Å². The van der Waals surface area contributed by atoms with Gasteiger partial charge in [-0.25, -0.2) is 0 Å². The number of rotatable bonds is 31. The molecular formula is C116H122Cl2N12O20. The first-order valence-corrected chi connectivity index (χ1v) is 50.3. The number of carbonyl (C=O) groups excluding carboxylic acids is 10. The minimum absolute atomic E-state index is 0.130. The molecule has 10 amide bonds. The van der Waals surface area contributed by atoms with Gasteiger partial charge in [-0.05, 0) is 242 Å². The standard InChI is InChI=1S/2C26H31N3O5.C22H22N2O4.2C21H19ClN2O3/c1-17-8-10-21(25(30)27-17)29-15-20-19(26(29)31)6-5-7-22(20)34-16-18-9-11-23(24(14-18)32-4)33-13-12-28(2)3;1-17-8-10-21(25(30)27-17)29-15-20-19(26(29)31)6-5-7-22(20)34-16-18-9-11-23(32-4)24(14-18)33-13-12-28(2)3;1-14-9-10-19(21(25)23-14)24-12-18-17(22(24)26)7-4-8-20(18)28-13-15-5-3-6-16(11-15)27-2;1-13-8-9-18(20(25)23-13)24-11-17-16(21(24)26)6-3-7-19(17)27-12-14-4-2-5-15(22)10-14;1-13-5-10-18(20(25)23-13)24-11-17-16(21(24)26)3-2-4-19(17)27-12-14-6-8-15(22)9-7-14/h2*5-7,9,11,14,21H,1,8,10,12-13,15-16H2,2-4H3,(H,27,30);3-8,11,19H,1,9-10,12-13H2,2H3,(H,23,25);2-7,10,18H,1,8-9,11-12H2,(H,23,25);2-4,6-9,18H,1,5,10-12H2,(H,23,25). The molecule has 5 fully saturated rings. The van der Waals surface area contributed by atoms with Crippen molar-refractivity contribution in [3.8, 4) is 57.5 Å². The second-order valence-electron chi connectivity index (χ2n) is 38.1. The lowest BCUT2D eigenvalue weighted by Crippen LogP contribution is -2.49. The molecule has 10 aromatic carbocycles. The number of hydrogen-bond donors (Lipinski definition) is 5. The Morgan fingerprint density at radius 2 is 0.553 bits per heavy atom. The predicted octanol–water partition coefficient (Wildman–Crippen LogP) is 16.3. The minimum Gasteiger partial charge on any atom is -0.497 e. The third kappa shape index (κ3) is 25.5. The van der Waals surface area contributed by atoms with E-state index >= 15 is 0 Å². The van der Waals surface area contributed by atoms with Crippen LogP contribution in [0.25, 0.3) is 0 Å². The van der Waals surface area contributed by atoms with Gasteiger partial charge in [-0.15, -0.1) is 0 Å². The summed E-state index contributed by atoms with van der Waals surface area (Å²) in [6.07, 6.45) is 6.26. The summed E-state index contributed by atoms with van der Waals surface area (Å²) in [7, 11) is 12.8. The fourth-order valence-corrected chi connectivity index (χ4v) is 19.5. The number of carbonyl (C=O) groups is 10. The van der Waals surface area contributed by atoms with Gasteiger partial charge in [0.15, 0.2) is 23.0 Å². The molecule has 34 heteroatoms. The van der Waals surface area contributed by atoms with Crippen molar-refractivity contribution in [2.24, 2.45) is 0 Å². The molecular weight excluding hydrogens is 1950 g/mol. The Morgan fingerprint density at radius 1 is 0.280 bits per heavy atom. The van der Waals surface area contributed by atoms with Gasteiger partial charge >= 0.3 is 0 Å². The molecule has 5 atom stereocenters. The van der Waals surface area contributed by atoms with E-state index in [2.05, 4.69) is 64.4 Å².